The van der Waals surface area contributed by atoms with Gasteiger partial charge in [-0.2, -0.15) is 0 Å². The minimum Gasteiger partial charge on any atom is -0.378 e. The molecular formula is C27H33ClN4O2S. The lowest BCUT2D eigenvalue weighted by atomic mass is 10.0. The van der Waals surface area contributed by atoms with Gasteiger partial charge in [0.15, 0.2) is 0 Å². The average Bonchev–Trinajstić information content (AvgIpc) is 3.33. The number of thiazole rings is 1. The van der Waals surface area contributed by atoms with Gasteiger partial charge in [0.2, 0.25) is 0 Å². The number of nitrogens with zero attached hydrogens (tertiary/aromatic N) is 4. The number of aryl methyl sites for hydroxylation is 2. The Morgan fingerprint density at radius 2 is 1.89 bits per heavy atom. The van der Waals surface area contributed by atoms with Crippen LogP contribution in [0.25, 0.3) is 11.3 Å². The average molecular weight is 513 g/mol. The van der Waals surface area contributed by atoms with Crippen molar-refractivity contribution in [2.24, 2.45) is 4.99 Å². The van der Waals surface area contributed by atoms with Crippen LogP contribution in [0.1, 0.15) is 39.0 Å². The first kappa shape index (κ1) is 26.9. The molecule has 35 heavy (non-hydrogen) atoms. The van der Waals surface area contributed by atoms with Gasteiger partial charge < -0.3 is 14.5 Å². The van der Waals surface area contributed by atoms with Crippen LogP contribution in [0.2, 0.25) is 0 Å². The predicted molar refractivity (Wildman–Crippen MR) is 147 cm³/mol. The van der Waals surface area contributed by atoms with E-state index in [-0.39, 0.29) is 18.3 Å². The quantitative estimate of drug-likeness (QED) is 0.309. The van der Waals surface area contributed by atoms with E-state index in [0.717, 1.165) is 34.9 Å². The van der Waals surface area contributed by atoms with Gasteiger partial charge in [0, 0.05) is 49.6 Å². The SMILES string of the molecule is CCN(C)/C=N\c1cc(C)c(Cc2nc(-c3ccc(C(=O)N4CCOCC4)cc3)cs2)cc1C.Cl. The third-order valence-corrected chi connectivity index (χ3v) is 7.02. The van der Waals surface area contributed by atoms with Crippen molar-refractivity contribution in [3.05, 3.63) is 69.0 Å². The lowest BCUT2D eigenvalue weighted by Gasteiger charge is -2.26. The Kier molecular flexibility index (Phi) is 9.43. The highest BCUT2D eigenvalue weighted by molar-refractivity contribution is 7.10. The number of halogens is 1. The second kappa shape index (κ2) is 12.3. The van der Waals surface area contributed by atoms with E-state index in [9.17, 15) is 4.79 Å². The van der Waals surface area contributed by atoms with Gasteiger partial charge in [-0.3, -0.25) is 4.79 Å². The maximum Gasteiger partial charge on any atom is 0.254 e. The molecule has 0 spiro atoms. The molecule has 4 rings (SSSR count). The van der Waals surface area contributed by atoms with Crippen molar-refractivity contribution < 1.29 is 9.53 Å². The van der Waals surface area contributed by atoms with Crippen LogP contribution in [0.3, 0.4) is 0 Å². The van der Waals surface area contributed by atoms with Crippen LogP contribution in [0, 0.1) is 13.8 Å². The fraction of sp³-hybridized carbons (Fsp3) is 0.370. The van der Waals surface area contributed by atoms with E-state index in [1.807, 2.05) is 42.6 Å². The van der Waals surface area contributed by atoms with Gasteiger partial charge in [0.05, 0.1) is 35.9 Å². The molecule has 8 heteroatoms. The molecular weight excluding hydrogens is 480 g/mol. The molecule has 186 valence electrons. The third kappa shape index (κ3) is 6.69. The van der Waals surface area contributed by atoms with Crippen molar-refractivity contribution in [3.63, 3.8) is 0 Å². The van der Waals surface area contributed by atoms with E-state index in [1.165, 1.54) is 16.7 Å². The van der Waals surface area contributed by atoms with E-state index in [2.05, 4.69) is 48.2 Å². The normalized spacial score (nSPS) is 13.7. The zero-order chi connectivity index (χ0) is 24.1. The van der Waals surface area contributed by atoms with Crippen molar-refractivity contribution >= 4 is 41.7 Å². The van der Waals surface area contributed by atoms with Crippen LogP contribution in [0.5, 0.6) is 0 Å². The number of amides is 1. The maximum atomic E-state index is 12.7. The Balaban J connectivity index is 0.00000342. The second-order valence-corrected chi connectivity index (χ2v) is 9.61. The summed E-state index contributed by atoms with van der Waals surface area (Å²) in [4.78, 5) is 26.1. The minimum absolute atomic E-state index is 0. The fourth-order valence-corrected chi connectivity index (χ4v) is 4.68. The monoisotopic (exact) mass is 512 g/mol. The number of aliphatic imine (C=N–C) groups is 1. The Labute approximate surface area is 218 Å². The van der Waals surface area contributed by atoms with E-state index < -0.39 is 0 Å². The van der Waals surface area contributed by atoms with Gasteiger partial charge in [-0.15, -0.1) is 23.7 Å². The van der Waals surface area contributed by atoms with Gasteiger partial charge >= 0.3 is 0 Å². The molecule has 0 radical (unpaired) electrons. The van der Waals surface area contributed by atoms with E-state index >= 15 is 0 Å². The molecule has 3 aromatic rings. The number of hydrogen-bond acceptors (Lipinski definition) is 5. The van der Waals surface area contributed by atoms with Crippen molar-refractivity contribution in [2.75, 3.05) is 39.9 Å². The molecule has 0 unspecified atom stereocenters. The number of aromatic nitrogens is 1. The molecule has 0 bridgehead atoms. The molecule has 1 saturated heterocycles. The minimum atomic E-state index is 0. The highest BCUT2D eigenvalue weighted by Crippen LogP contribution is 2.28. The number of carbonyl (C=O) groups is 1. The van der Waals surface area contributed by atoms with Gasteiger partial charge in [-0.05, 0) is 55.7 Å². The summed E-state index contributed by atoms with van der Waals surface area (Å²) in [6.07, 6.45) is 2.68. The number of rotatable bonds is 7. The molecule has 1 aromatic heterocycles. The zero-order valence-corrected chi connectivity index (χ0v) is 22.4. The highest BCUT2D eigenvalue weighted by Gasteiger charge is 2.18. The van der Waals surface area contributed by atoms with Gasteiger partial charge in [0.25, 0.3) is 5.91 Å². The fourth-order valence-electron chi connectivity index (χ4n) is 3.85. The summed E-state index contributed by atoms with van der Waals surface area (Å²) in [6.45, 7) is 9.79. The lowest BCUT2D eigenvalue weighted by Crippen LogP contribution is -2.40. The molecule has 1 aliphatic rings. The third-order valence-electron chi connectivity index (χ3n) is 6.17. The summed E-state index contributed by atoms with van der Waals surface area (Å²) in [6, 6.07) is 12.2. The Bertz CT molecular complexity index is 1170. The molecule has 0 atom stereocenters. The van der Waals surface area contributed by atoms with Crippen LogP contribution in [-0.4, -0.2) is 66.9 Å². The largest absolute Gasteiger partial charge is 0.378 e. The zero-order valence-electron chi connectivity index (χ0n) is 20.8. The Morgan fingerprint density at radius 3 is 2.57 bits per heavy atom. The summed E-state index contributed by atoms with van der Waals surface area (Å²) >= 11 is 1.67. The van der Waals surface area contributed by atoms with Crippen LogP contribution in [0.15, 0.2) is 46.8 Å². The van der Waals surface area contributed by atoms with Crippen LogP contribution in [0.4, 0.5) is 5.69 Å². The standard InChI is InChI=1S/C27H32N4O2S.ClH/c1-5-30(4)18-28-24-15-19(2)23(14-20(24)3)16-26-29-25(17-34-26)21-6-8-22(9-7-21)27(32)31-10-12-33-13-11-31;/h6-9,14-15,17-18H,5,10-13,16H2,1-4H3;1H/b28-18-;. The predicted octanol–water partition coefficient (Wildman–Crippen LogP) is 5.52. The van der Waals surface area contributed by atoms with Crippen molar-refractivity contribution in [1.82, 2.24) is 14.8 Å². The first-order chi connectivity index (χ1) is 16.4. The number of hydrogen-bond donors (Lipinski definition) is 0. The lowest BCUT2D eigenvalue weighted by molar-refractivity contribution is 0.0303. The van der Waals surface area contributed by atoms with Crippen molar-refractivity contribution in [2.45, 2.75) is 27.2 Å². The first-order valence-corrected chi connectivity index (χ1v) is 12.6. The summed E-state index contributed by atoms with van der Waals surface area (Å²) in [7, 11) is 2.02. The number of benzene rings is 2. The molecule has 0 aliphatic carbocycles. The Hall–Kier alpha value is -2.74. The topological polar surface area (TPSA) is 58.0 Å². The van der Waals surface area contributed by atoms with Crippen LogP contribution >= 0.6 is 23.7 Å². The van der Waals surface area contributed by atoms with Gasteiger partial charge in [-0.1, -0.05) is 18.2 Å². The molecule has 1 fully saturated rings. The molecule has 1 aliphatic heterocycles. The van der Waals surface area contributed by atoms with Crippen molar-refractivity contribution in [3.8, 4) is 11.3 Å². The first-order valence-electron chi connectivity index (χ1n) is 11.7. The number of ether oxygens (including phenoxy) is 1. The van der Waals surface area contributed by atoms with E-state index in [1.54, 1.807) is 11.3 Å². The molecule has 6 nitrogen and oxygen atoms in total. The number of carbonyl (C=O) groups excluding carboxylic acids is 1. The van der Waals surface area contributed by atoms with Crippen LogP contribution < -0.4 is 0 Å². The molecule has 0 N–H and O–H groups in total. The smallest absolute Gasteiger partial charge is 0.254 e. The van der Waals surface area contributed by atoms with Crippen LogP contribution in [-0.2, 0) is 11.2 Å². The summed E-state index contributed by atoms with van der Waals surface area (Å²) in [5.74, 6) is 0.0637. The molecule has 2 heterocycles. The molecule has 1 amide bonds. The van der Waals surface area contributed by atoms with E-state index in [4.69, 9.17) is 9.72 Å². The second-order valence-electron chi connectivity index (χ2n) is 8.67. The molecule has 0 saturated carbocycles. The summed E-state index contributed by atoms with van der Waals surface area (Å²) in [5, 5.41) is 3.17. The summed E-state index contributed by atoms with van der Waals surface area (Å²) in [5.41, 5.74) is 7.35. The van der Waals surface area contributed by atoms with Gasteiger partial charge in [0.1, 0.15) is 0 Å². The highest BCUT2D eigenvalue weighted by atomic mass is 35.5. The van der Waals surface area contributed by atoms with Gasteiger partial charge in [-0.25, -0.2) is 9.98 Å². The Morgan fingerprint density at radius 1 is 1.17 bits per heavy atom. The number of morpholine rings is 1. The van der Waals surface area contributed by atoms with Crippen molar-refractivity contribution in [1.29, 1.82) is 0 Å². The maximum absolute atomic E-state index is 12.7. The molecule has 2 aromatic carbocycles. The van der Waals surface area contributed by atoms with E-state index in [0.29, 0.717) is 31.9 Å². The summed E-state index contributed by atoms with van der Waals surface area (Å²) < 4.78 is 5.34.